The minimum absolute atomic E-state index is 0. The summed E-state index contributed by atoms with van der Waals surface area (Å²) in [7, 11) is 0. The lowest BCUT2D eigenvalue weighted by Crippen LogP contribution is -2.07. The van der Waals surface area contributed by atoms with E-state index in [9.17, 15) is 10.1 Å². The van der Waals surface area contributed by atoms with Gasteiger partial charge in [-0.3, -0.25) is 0 Å². The maximum absolute atomic E-state index is 10.4. The number of aryl methyl sites for hydroxylation is 1. The second-order valence-corrected chi connectivity index (χ2v) is 2.30. The highest BCUT2D eigenvalue weighted by atomic mass is 35.5. The van der Waals surface area contributed by atoms with Crippen LogP contribution in [0.2, 0.25) is 0 Å². The first-order valence-corrected chi connectivity index (χ1v) is 3.44. The molecule has 0 aliphatic rings. The van der Waals surface area contributed by atoms with Gasteiger partial charge in [-0.05, 0) is 4.92 Å². The minimum Gasteiger partial charge on any atom is -0.392 e. The Morgan fingerprint density at radius 2 is 2.38 bits per heavy atom. The number of aliphatic hydroxyl groups excluding tert-OH is 1. The molecule has 0 aliphatic carbocycles. The van der Waals surface area contributed by atoms with Gasteiger partial charge in [-0.2, -0.15) is 0 Å². The van der Waals surface area contributed by atoms with Crippen LogP contribution in [0.25, 0.3) is 0 Å². The molecule has 0 aromatic carbocycles. The molecule has 0 bridgehead atoms. The summed E-state index contributed by atoms with van der Waals surface area (Å²) >= 11 is 0. The lowest BCUT2D eigenvalue weighted by molar-refractivity contribution is -0.392. The molecule has 0 saturated heterocycles. The number of aliphatic hydroxyl groups is 1. The molecule has 0 amide bonds. The second-order valence-electron chi connectivity index (χ2n) is 2.30. The van der Waals surface area contributed by atoms with Crippen molar-refractivity contribution < 1.29 is 10.0 Å². The van der Waals surface area contributed by atoms with Crippen molar-refractivity contribution in [3.8, 4) is 0 Å². The van der Waals surface area contributed by atoms with E-state index < -0.39 is 4.92 Å². The van der Waals surface area contributed by atoms with Crippen LogP contribution in [0.4, 0.5) is 5.82 Å². The molecule has 1 aromatic heterocycles. The quantitative estimate of drug-likeness (QED) is 0.579. The predicted octanol–water partition coefficient (Wildman–Crippen LogP) is 0.514. The van der Waals surface area contributed by atoms with Gasteiger partial charge < -0.3 is 15.2 Å². The Balaban J connectivity index is 0.00000144. The predicted molar refractivity (Wildman–Crippen MR) is 48.0 cm³/mol. The number of nitro groups is 1. The van der Waals surface area contributed by atoms with Gasteiger partial charge in [0.15, 0.2) is 5.82 Å². The van der Waals surface area contributed by atoms with Crippen LogP contribution in [0, 0.1) is 17.0 Å². The van der Waals surface area contributed by atoms with Crippen LogP contribution < -0.4 is 0 Å². The van der Waals surface area contributed by atoms with Gasteiger partial charge in [0.1, 0.15) is 12.7 Å². The number of hydrogen-bond donors (Lipinski definition) is 1. The third-order valence-electron chi connectivity index (χ3n) is 1.54. The van der Waals surface area contributed by atoms with Gasteiger partial charge in [-0.1, -0.05) is 0 Å². The standard InChI is InChI=1S/C6H9N3O3.ClH/c1-5-7-4-6(9(11)12)8(5)2-3-10;/h4,10H,2-3H2,1H3;1H. The van der Waals surface area contributed by atoms with Crippen LogP contribution in [-0.4, -0.2) is 26.2 Å². The van der Waals surface area contributed by atoms with E-state index in [0.717, 1.165) is 0 Å². The van der Waals surface area contributed by atoms with Gasteiger partial charge >= 0.3 is 5.82 Å². The van der Waals surface area contributed by atoms with Crippen molar-refractivity contribution >= 4 is 18.2 Å². The van der Waals surface area contributed by atoms with Crippen LogP contribution >= 0.6 is 12.4 Å². The number of rotatable bonds is 3. The van der Waals surface area contributed by atoms with Crippen LogP contribution in [0.15, 0.2) is 6.20 Å². The Morgan fingerprint density at radius 3 is 2.85 bits per heavy atom. The van der Waals surface area contributed by atoms with Gasteiger partial charge in [-0.25, -0.2) is 9.55 Å². The molecule has 0 fully saturated rings. The van der Waals surface area contributed by atoms with Crippen molar-refractivity contribution in [1.82, 2.24) is 9.55 Å². The minimum atomic E-state index is -0.518. The van der Waals surface area contributed by atoms with E-state index in [0.29, 0.717) is 5.82 Å². The number of hydrogen-bond acceptors (Lipinski definition) is 4. The highest BCUT2D eigenvalue weighted by molar-refractivity contribution is 5.85. The molecule has 1 N–H and O–H groups in total. The van der Waals surface area contributed by atoms with Crippen LogP contribution in [0.5, 0.6) is 0 Å². The van der Waals surface area contributed by atoms with E-state index in [1.165, 1.54) is 10.8 Å². The van der Waals surface area contributed by atoms with E-state index in [1.807, 2.05) is 0 Å². The number of nitrogens with zero attached hydrogens (tertiary/aromatic N) is 3. The van der Waals surface area contributed by atoms with Crippen molar-refractivity contribution in [1.29, 1.82) is 0 Å². The lowest BCUT2D eigenvalue weighted by atomic mass is 10.6. The average Bonchev–Trinajstić information content (AvgIpc) is 2.34. The van der Waals surface area contributed by atoms with Gasteiger partial charge in [0.2, 0.25) is 0 Å². The number of aromatic nitrogens is 2. The van der Waals surface area contributed by atoms with Crippen molar-refractivity contribution in [3.63, 3.8) is 0 Å². The van der Waals surface area contributed by atoms with E-state index >= 15 is 0 Å². The zero-order valence-corrected chi connectivity index (χ0v) is 7.82. The zero-order valence-electron chi connectivity index (χ0n) is 7.01. The Morgan fingerprint density at radius 1 is 1.77 bits per heavy atom. The topological polar surface area (TPSA) is 81.2 Å². The van der Waals surface area contributed by atoms with Crippen molar-refractivity contribution in [3.05, 3.63) is 22.1 Å². The molecule has 6 nitrogen and oxygen atoms in total. The first-order chi connectivity index (χ1) is 5.66. The van der Waals surface area contributed by atoms with Crippen LogP contribution in [-0.2, 0) is 6.54 Å². The second kappa shape index (κ2) is 4.78. The summed E-state index contributed by atoms with van der Waals surface area (Å²) < 4.78 is 1.36. The van der Waals surface area contributed by atoms with Crippen molar-refractivity contribution in [2.45, 2.75) is 13.5 Å². The summed E-state index contributed by atoms with van der Waals surface area (Å²) in [5, 5.41) is 19.0. The number of imidazole rings is 1. The van der Waals surface area contributed by atoms with Crippen molar-refractivity contribution in [2.24, 2.45) is 0 Å². The largest absolute Gasteiger partial charge is 0.392 e. The molecule has 0 saturated carbocycles. The molecule has 74 valence electrons. The van der Waals surface area contributed by atoms with Crippen LogP contribution in [0.1, 0.15) is 5.82 Å². The first-order valence-electron chi connectivity index (χ1n) is 3.44. The summed E-state index contributed by atoms with van der Waals surface area (Å²) in [6, 6.07) is 0. The Labute approximate surface area is 80.8 Å². The molecule has 0 radical (unpaired) electrons. The molecule has 1 aromatic rings. The molecule has 1 heterocycles. The lowest BCUT2D eigenvalue weighted by Gasteiger charge is -1.98. The van der Waals surface area contributed by atoms with Crippen molar-refractivity contribution in [2.75, 3.05) is 6.61 Å². The maximum atomic E-state index is 10.4. The Hall–Kier alpha value is -1.14. The molecule has 1 rings (SSSR count). The summed E-state index contributed by atoms with van der Waals surface area (Å²) in [5.41, 5.74) is 0. The van der Waals surface area contributed by atoms with Gasteiger partial charge in [0, 0.05) is 6.92 Å². The molecule has 13 heavy (non-hydrogen) atoms. The molecular weight excluding hydrogens is 198 g/mol. The fourth-order valence-corrected chi connectivity index (χ4v) is 0.978. The van der Waals surface area contributed by atoms with Crippen LogP contribution in [0.3, 0.4) is 0 Å². The molecular formula is C6H10ClN3O3. The van der Waals surface area contributed by atoms with E-state index in [1.54, 1.807) is 6.92 Å². The normalized spacial score (nSPS) is 9.38. The molecule has 0 unspecified atom stereocenters. The zero-order chi connectivity index (χ0) is 9.14. The highest BCUT2D eigenvalue weighted by Gasteiger charge is 2.15. The highest BCUT2D eigenvalue weighted by Crippen LogP contribution is 2.12. The monoisotopic (exact) mass is 207 g/mol. The SMILES string of the molecule is Cc1ncc([N+](=O)[O-])n1CCO.Cl. The summed E-state index contributed by atoms with van der Waals surface area (Å²) in [6.45, 7) is 1.74. The maximum Gasteiger partial charge on any atom is 0.342 e. The summed E-state index contributed by atoms with van der Waals surface area (Å²) in [5.74, 6) is 0.456. The van der Waals surface area contributed by atoms with Gasteiger partial charge in [0.05, 0.1) is 6.61 Å². The summed E-state index contributed by atoms with van der Waals surface area (Å²) in [6.07, 6.45) is 1.19. The van der Waals surface area contributed by atoms with E-state index in [4.69, 9.17) is 5.11 Å². The third kappa shape index (κ3) is 2.40. The smallest absolute Gasteiger partial charge is 0.342 e. The summed E-state index contributed by atoms with van der Waals surface area (Å²) in [4.78, 5) is 13.6. The molecule has 0 atom stereocenters. The Bertz CT molecular complexity index is 299. The molecule has 7 heteroatoms. The van der Waals surface area contributed by atoms with E-state index in [2.05, 4.69) is 4.98 Å². The molecule has 0 aliphatic heterocycles. The average molecular weight is 208 g/mol. The van der Waals surface area contributed by atoms with Gasteiger partial charge in [-0.15, -0.1) is 12.4 Å². The van der Waals surface area contributed by atoms with E-state index in [-0.39, 0.29) is 31.4 Å². The Kier molecular flexibility index (Phi) is 4.36. The third-order valence-corrected chi connectivity index (χ3v) is 1.54. The van der Waals surface area contributed by atoms with Gasteiger partial charge in [0.25, 0.3) is 0 Å². The fourth-order valence-electron chi connectivity index (χ4n) is 0.978. The fraction of sp³-hybridized carbons (Fsp3) is 0.500. The number of halogens is 1. The first kappa shape index (κ1) is 11.9. The molecule has 0 spiro atoms.